The average molecular weight is 440 g/mol. The zero-order chi connectivity index (χ0) is 20.9. The third-order valence-electron chi connectivity index (χ3n) is 3.73. The van der Waals surface area contributed by atoms with Gasteiger partial charge < -0.3 is 4.74 Å². The average Bonchev–Trinajstić information content (AvgIpc) is 2.68. The second-order valence-corrected chi connectivity index (χ2v) is 6.70. The van der Waals surface area contributed by atoms with Crippen LogP contribution in [-0.4, -0.2) is 11.2 Å². The Bertz CT molecular complexity index is 971. The smallest absolute Gasteiger partial charge is 0.417 e. The summed E-state index contributed by atoms with van der Waals surface area (Å²) < 4.78 is 43.3. The topological polar surface area (TPSA) is 46.5 Å². The molecule has 0 amide bonds. The molecular formula is C20H14Cl2F3N3O. The number of rotatable bonds is 6. The first kappa shape index (κ1) is 21.0. The van der Waals surface area contributed by atoms with Crippen molar-refractivity contribution in [3.05, 3.63) is 87.5 Å². The number of aromatic nitrogens is 1. The van der Waals surface area contributed by atoms with E-state index in [1.54, 1.807) is 12.1 Å². The Kier molecular flexibility index (Phi) is 6.61. The summed E-state index contributed by atoms with van der Waals surface area (Å²) in [6.07, 6.45) is -2.30. The van der Waals surface area contributed by atoms with Gasteiger partial charge in [-0.05, 0) is 35.4 Å². The van der Waals surface area contributed by atoms with Gasteiger partial charge in [-0.2, -0.15) is 18.3 Å². The number of hydrazone groups is 1. The summed E-state index contributed by atoms with van der Waals surface area (Å²) >= 11 is 12.5. The van der Waals surface area contributed by atoms with Crippen molar-refractivity contribution in [2.45, 2.75) is 12.8 Å². The molecule has 0 aliphatic heterocycles. The number of nitrogens with one attached hydrogen (secondary N) is 1. The molecule has 1 aromatic heterocycles. The normalized spacial score (nSPS) is 11.6. The van der Waals surface area contributed by atoms with Crippen molar-refractivity contribution in [2.24, 2.45) is 5.10 Å². The molecule has 3 rings (SSSR count). The highest BCUT2D eigenvalue weighted by molar-refractivity contribution is 6.37. The molecule has 0 aliphatic rings. The van der Waals surface area contributed by atoms with E-state index in [9.17, 15) is 13.2 Å². The Morgan fingerprint density at radius 2 is 1.72 bits per heavy atom. The molecule has 150 valence electrons. The lowest BCUT2D eigenvalue weighted by Crippen LogP contribution is -2.05. The summed E-state index contributed by atoms with van der Waals surface area (Å²) in [4.78, 5) is 3.66. The van der Waals surface area contributed by atoms with Gasteiger partial charge in [0.2, 0.25) is 0 Å². The standard InChI is InChI=1S/C20H14Cl2F3N3O/c21-16-8-14(9-17(22)19(16)29-12-13-4-2-1-3-5-13)10-27-28-18-7-6-15(11-26-18)20(23,24)25/h1-11H,12H2,(H,26,28)/b27-10-. The number of benzene rings is 2. The number of hydrogen-bond donors (Lipinski definition) is 1. The van der Waals surface area contributed by atoms with Gasteiger partial charge in [0, 0.05) is 6.20 Å². The minimum Gasteiger partial charge on any atom is -0.486 e. The molecule has 1 N–H and O–H groups in total. The Balaban J connectivity index is 1.64. The minimum absolute atomic E-state index is 0.161. The van der Waals surface area contributed by atoms with E-state index >= 15 is 0 Å². The highest BCUT2D eigenvalue weighted by atomic mass is 35.5. The molecule has 0 unspecified atom stereocenters. The van der Waals surface area contributed by atoms with Gasteiger partial charge in [-0.25, -0.2) is 4.98 Å². The maximum atomic E-state index is 12.5. The van der Waals surface area contributed by atoms with E-state index in [0.29, 0.717) is 28.0 Å². The van der Waals surface area contributed by atoms with Crippen molar-refractivity contribution in [1.29, 1.82) is 0 Å². The van der Waals surface area contributed by atoms with Crippen LogP contribution in [0.3, 0.4) is 0 Å². The predicted molar refractivity (Wildman–Crippen MR) is 108 cm³/mol. The molecule has 0 saturated heterocycles. The fourth-order valence-corrected chi connectivity index (χ4v) is 2.94. The third-order valence-corrected chi connectivity index (χ3v) is 4.29. The molecule has 4 nitrogen and oxygen atoms in total. The van der Waals surface area contributed by atoms with Gasteiger partial charge in [0.05, 0.1) is 21.8 Å². The SMILES string of the molecule is FC(F)(F)c1ccc(N/N=C\c2cc(Cl)c(OCc3ccccc3)c(Cl)c2)nc1. The van der Waals surface area contributed by atoms with E-state index in [1.165, 1.54) is 12.3 Å². The molecule has 3 aromatic rings. The third kappa shape index (κ3) is 5.85. The zero-order valence-corrected chi connectivity index (χ0v) is 16.3. The fourth-order valence-electron chi connectivity index (χ4n) is 2.32. The molecule has 1 heterocycles. The van der Waals surface area contributed by atoms with Gasteiger partial charge in [-0.3, -0.25) is 5.43 Å². The molecule has 0 bridgehead atoms. The van der Waals surface area contributed by atoms with Gasteiger partial charge in [0.1, 0.15) is 12.4 Å². The molecular weight excluding hydrogens is 426 g/mol. The van der Waals surface area contributed by atoms with Crippen molar-refractivity contribution in [3.8, 4) is 5.75 Å². The van der Waals surface area contributed by atoms with E-state index in [-0.39, 0.29) is 5.82 Å². The number of halogens is 5. The van der Waals surface area contributed by atoms with Crippen LogP contribution >= 0.6 is 23.2 Å². The van der Waals surface area contributed by atoms with E-state index in [0.717, 1.165) is 17.8 Å². The zero-order valence-electron chi connectivity index (χ0n) is 14.8. The van der Waals surface area contributed by atoms with Gasteiger partial charge >= 0.3 is 6.18 Å². The van der Waals surface area contributed by atoms with Gasteiger partial charge in [0.25, 0.3) is 0 Å². The highest BCUT2D eigenvalue weighted by Crippen LogP contribution is 2.34. The number of pyridine rings is 1. The molecule has 0 radical (unpaired) electrons. The second kappa shape index (κ2) is 9.15. The first-order valence-electron chi connectivity index (χ1n) is 8.31. The molecule has 0 saturated carbocycles. The van der Waals surface area contributed by atoms with Gasteiger partial charge in [-0.15, -0.1) is 0 Å². The first-order chi connectivity index (χ1) is 13.8. The molecule has 0 spiro atoms. The molecule has 0 aliphatic carbocycles. The van der Waals surface area contributed by atoms with Crippen LogP contribution in [0, 0.1) is 0 Å². The van der Waals surface area contributed by atoms with Crippen LogP contribution in [0.5, 0.6) is 5.75 Å². The largest absolute Gasteiger partial charge is 0.486 e. The Labute approximate surface area is 174 Å². The Hall–Kier alpha value is -2.77. The van der Waals surface area contributed by atoms with Crippen molar-refractivity contribution < 1.29 is 17.9 Å². The van der Waals surface area contributed by atoms with Crippen LogP contribution < -0.4 is 10.2 Å². The Morgan fingerprint density at radius 1 is 1.03 bits per heavy atom. The predicted octanol–water partition coefficient (Wildman–Crippen LogP) is 6.43. The molecule has 2 aromatic carbocycles. The molecule has 0 atom stereocenters. The van der Waals surface area contributed by atoms with Crippen LogP contribution in [0.15, 0.2) is 65.9 Å². The lowest BCUT2D eigenvalue weighted by Gasteiger charge is -2.11. The van der Waals surface area contributed by atoms with Crippen molar-refractivity contribution in [3.63, 3.8) is 0 Å². The summed E-state index contributed by atoms with van der Waals surface area (Å²) in [5, 5.41) is 4.55. The quantitative estimate of drug-likeness (QED) is 0.355. The molecule has 9 heteroatoms. The molecule has 29 heavy (non-hydrogen) atoms. The molecule has 0 fully saturated rings. The van der Waals surface area contributed by atoms with Crippen molar-refractivity contribution >= 4 is 35.2 Å². The van der Waals surface area contributed by atoms with Crippen LogP contribution in [0.4, 0.5) is 19.0 Å². The summed E-state index contributed by atoms with van der Waals surface area (Å²) in [6, 6.07) is 14.9. The van der Waals surface area contributed by atoms with Crippen LogP contribution in [-0.2, 0) is 12.8 Å². The van der Waals surface area contributed by atoms with Crippen molar-refractivity contribution in [1.82, 2.24) is 4.98 Å². The van der Waals surface area contributed by atoms with E-state index in [2.05, 4.69) is 15.5 Å². The van der Waals surface area contributed by atoms with Crippen LogP contribution in [0.2, 0.25) is 10.0 Å². The minimum atomic E-state index is -4.44. The summed E-state index contributed by atoms with van der Waals surface area (Å²) in [5.41, 5.74) is 3.26. The van der Waals surface area contributed by atoms with Gasteiger partial charge in [0.15, 0.2) is 5.75 Å². The number of nitrogens with zero attached hydrogens (tertiary/aromatic N) is 2. The van der Waals surface area contributed by atoms with Crippen LogP contribution in [0.1, 0.15) is 16.7 Å². The van der Waals surface area contributed by atoms with Crippen LogP contribution in [0.25, 0.3) is 0 Å². The Morgan fingerprint density at radius 3 is 2.31 bits per heavy atom. The fraction of sp³-hybridized carbons (Fsp3) is 0.100. The number of alkyl halides is 3. The maximum Gasteiger partial charge on any atom is 0.417 e. The van der Waals surface area contributed by atoms with E-state index in [1.807, 2.05) is 30.3 Å². The lowest BCUT2D eigenvalue weighted by atomic mass is 10.2. The number of ether oxygens (including phenoxy) is 1. The maximum absolute atomic E-state index is 12.5. The van der Waals surface area contributed by atoms with E-state index < -0.39 is 11.7 Å². The number of anilines is 1. The van der Waals surface area contributed by atoms with Gasteiger partial charge in [-0.1, -0.05) is 53.5 Å². The van der Waals surface area contributed by atoms with Crippen molar-refractivity contribution in [2.75, 3.05) is 5.43 Å². The monoisotopic (exact) mass is 439 g/mol. The number of hydrogen-bond acceptors (Lipinski definition) is 4. The van der Waals surface area contributed by atoms with E-state index in [4.69, 9.17) is 27.9 Å². The highest BCUT2D eigenvalue weighted by Gasteiger charge is 2.30. The lowest BCUT2D eigenvalue weighted by molar-refractivity contribution is -0.137. The second-order valence-electron chi connectivity index (χ2n) is 5.89. The summed E-state index contributed by atoms with van der Waals surface area (Å²) in [5.74, 6) is 0.515. The first-order valence-corrected chi connectivity index (χ1v) is 9.06. The summed E-state index contributed by atoms with van der Waals surface area (Å²) in [6.45, 7) is 0.314. The summed E-state index contributed by atoms with van der Waals surface area (Å²) in [7, 11) is 0.